The fraction of sp³-hybridized carbons (Fsp3) is 0.231. The maximum absolute atomic E-state index is 5.59. The van der Waals surface area contributed by atoms with Crippen molar-refractivity contribution in [3.63, 3.8) is 0 Å². The summed E-state index contributed by atoms with van der Waals surface area (Å²) >= 11 is 0. The molecule has 17 heavy (non-hydrogen) atoms. The molecule has 2 atom stereocenters. The maximum Gasteiger partial charge on any atom is 0.125 e. The molecule has 1 heterocycles. The standard InChI is InChI=1S/C13H16N2O2/c1-16-13(10-6-3-2-4-7-10)12(15-14)11-8-5-9-17-11/h2-9,12-13,15H,14H2,1H3. The van der Waals surface area contributed by atoms with E-state index in [2.05, 4.69) is 5.43 Å². The van der Waals surface area contributed by atoms with Crippen molar-refractivity contribution in [1.82, 2.24) is 5.43 Å². The van der Waals surface area contributed by atoms with E-state index in [1.165, 1.54) is 0 Å². The van der Waals surface area contributed by atoms with Crippen LogP contribution in [-0.2, 0) is 4.74 Å². The molecule has 0 saturated heterocycles. The molecule has 4 nitrogen and oxygen atoms in total. The minimum atomic E-state index is -0.211. The molecule has 2 rings (SSSR count). The van der Waals surface area contributed by atoms with Gasteiger partial charge in [0.1, 0.15) is 17.9 Å². The van der Waals surface area contributed by atoms with Crippen LogP contribution in [0.4, 0.5) is 0 Å². The van der Waals surface area contributed by atoms with Crippen molar-refractivity contribution >= 4 is 0 Å². The fourth-order valence-corrected chi connectivity index (χ4v) is 1.89. The Balaban J connectivity index is 2.28. The van der Waals surface area contributed by atoms with Crippen LogP contribution in [0.15, 0.2) is 53.1 Å². The minimum Gasteiger partial charge on any atom is -0.468 e. The topological polar surface area (TPSA) is 60.4 Å². The highest BCUT2D eigenvalue weighted by atomic mass is 16.5. The zero-order valence-electron chi connectivity index (χ0n) is 9.67. The highest BCUT2D eigenvalue weighted by Gasteiger charge is 2.25. The molecule has 0 fully saturated rings. The van der Waals surface area contributed by atoms with E-state index in [4.69, 9.17) is 15.0 Å². The first kappa shape index (κ1) is 11.9. The Bertz CT molecular complexity index is 428. The zero-order chi connectivity index (χ0) is 12.1. The first-order valence-corrected chi connectivity index (χ1v) is 5.44. The summed E-state index contributed by atoms with van der Waals surface area (Å²) in [4.78, 5) is 0. The van der Waals surface area contributed by atoms with Gasteiger partial charge in [0.2, 0.25) is 0 Å². The van der Waals surface area contributed by atoms with E-state index in [9.17, 15) is 0 Å². The number of ether oxygens (including phenoxy) is 1. The lowest BCUT2D eigenvalue weighted by Crippen LogP contribution is -2.33. The van der Waals surface area contributed by atoms with E-state index in [0.717, 1.165) is 11.3 Å². The van der Waals surface area contributed by atoms with Gasteiger partial charge in [0.15, 0.2) is 0 Å². The van der Waals surface area contributed by atoms with E-state index in [1.54, 1.807) is 13.4 Å². The summed E-state index contributed by atoms with van der Waals surface area (Å²) in [5, 5.41) is 0. The van der Waals surface area contributed by atoms with E-state index in [0.29, 0.717) is 0 Å². The highest BCUT2D eigenvalue weighted by molar-refractivity contribution is 5.21. The van der Waals surface area contributed by atoms with E-state index < -0.39 is 0 Å². The lowest BCUT2D eigenvalue weighted by molar-refractivity contribution is 0.0602. The van der Waals surface area contributed by atoms with Crippen molar-refractivity contribution in [3.8, 4) is 0 Å². The number of nitrogens with two attached hydrogens (primary N) is 1. The summed E-state index contributed by atoms with van der Waals surface area (Å²) in [7, 11) is 1.66. The number of hydrogen-bond donors (Lipinski definition) is 2. The third-order valence-electron chi connectivity index (χ3n) is 2.71. The summed E-state index contributed by atoms with van der Waals surface area (Å²) in [6.07, 6.45) is 1.43. The number of furan rings is 1. The molecular formula is C13H16N2O2. The van der Waals surface area contributed by atoms with E-state index in [-0.39, 0.29) is 12.1 Å². The summed E-state index contributed by atoms with van der Waals surface area (Å²) in [5.74, 6) is 6.34. The Morgan fingerprint density at radius 3 is 2.47 bits per heavy atom. The second-order valence-corrected chi connectivity index (χ2v) is 3.73. The first-order chi connectivity index (χ1) is 8.36. The smallest absolute Gasteiger partial charge is 0.125 e. The minimum absolute atomic E-state index is 0.188. The summed E-state index contributed by atoms with van der Waals surface area (Å²) in [6, 6.07) is 13.4. The molecule has 1 aromatic carbocycles. The molecule has 2 unspecified atom stereocenters. The number of nitrogens with one attached hydrogen (secondary N) is 1. The fourth-order valence-electron chi connectivity index (χ4n) is 1.89. The van der Waals surface area contributed by atoms with Crippen molar-refractivity contribution in [2.45, 2.75) is 12.1 Å². The van der Waals surface area contributed by atoms with Gasteiger partial charge in [-0.15, -0.1) is 0 Å². The lowest BCUT2D eigenvalue weighted by atomic mass is 10.0. The lowest BCUT2D eigenvalue weighted by Gasteiger charge is -2.24. The molecule has 90 valence electrons. The molecule has 0 bridgehead atoms. The summed E-state index contributed by atoms with van der Waals surface area (Å²) in [5.41, 5.74) is 3.79. The van der Waals surface area contributed by atoms with E-state index in [1.807, 2.05) is 42.5 Å². The van der Waals surface area contributed by atoms with Crippen molar-refractivity contribution < 1.29 is 9.15 Å². The average Bonchev–Trinajstić information content (AvgIpc) is 2.90. The maximum atomic E-state index is 5.59. The van der Waals surface area contributed by atoms with Crippen LogP contribution in [0, 0.1) is 0 Å². The Morgan fingerprint density at radius 2 is 1.94 bits per heavy atom. The van der Waals surface area contributed by atoms with Crippen LogP contribution >= 0.6 is 0 Å². The molecule has 0 aliphatic rings. The molecule has 1 aromatic heterocycles. The summed E-state index contributed by atoms with van der Waals surface area (Å²) < 4.78 is 10.9. The van der Waals surface area contributed by atoms with Gasteiger partial charge in [0, 0.05) is 7.11 Å². The Hall–Kier alpha value is -1.62. The van der Waals surface area contributed by atoms with Gasteiger partial charge in [-0.05, 0) is 17.7 Å². The van der Waals surface area contributed by atoms with Crippen LogP contribution in [0.2, 0.25) is 0 Å². The summed E-state index contributed by atoms with van der Waals surface area (Å²) in [6.45, 7) is 0. The molecule has 4 heteroatoms. The van der Waals surface area contributed by atoms with Crippen LogP contribution in [0.1, 0.15) is 23.5 Å². The molecule has 0 aliphatic carbocycles. The molecule has 3 N–H and O–H groups in total. The predicted octanol–water partition coefficient (Wildman–Crippen LogP) is 2.17. The van der Waals surface area contributed by atoms with Gasteiger partial charge in [-0.2, -0.15) is 0 Å². The molecule has 2 aromatic rings. The predicted molar refractivity (Wildman–Crippen MR) is 65.0 cm³/mol. The SMILES string of the molecule is COC(c1ccccc1)C(NN)c1ccco1. The van der Waals surface area contributed by atoms with Gasteiger partial charge in [-0.3, -0.25) is 5.84 Å². The van der Waals surface area contributed by atoms with Gasteiger partial charge in [0.05, 0.1) is 6.26 Å². The molecule has 0 radical (unpaired) electrons. The molecule has 0 aliphatic heterocycles. The zero-order valence-corrected chi connectivity index (χ0v) is 9.67. The normalized spacial score (nSPS) is 14.5. The highest BCUT2D eigenvalue weighted by Crippen LogP contribution is 2.30. The largest absolute Gasteiger partial charge is 0.468 e. The number of hydrazine groups is 1. The number of hydrogen-bond acceptors (Lipinski definition) is 4. The van der Waals surface area contributed by atoms with Crippen molar-refractivity contribution in [3.05, 3.63) is 60.1 Å². The third-order valence-corrected chi connectivity index (χ3v) is 2.71. The van der Waals surface area contributed by atoms with Crippen LogP contribution < -0.4 is 11.3 Å². The monoisotopic (exact) mass is 232 g/mol. The van der Waals surface area contributed by atoms with Crippen molar-refractivity contribution in [2.75, 3.05) is 7.11 Å². The second-order valence-electron chi connectivity index (χ2n) is 3.73. The van der Waals surface area contributed by atoms with E-state index >= 15 is 0 Å². The molecule has 0 spiro atoms. The quantitative estimate of drug-likeness (QED) is 0.612. The van der Waals surface area contributed by atoms with Gasteiger partial charge < -0.3 is 9.15 Å². The molecule has 0 amide bonds. The van der Waals surface area contributed by atoms with Crippen LogP contribution in [0.3, 0.4) is 0 Å². The number of methoxy groups -OCH3 is 1. The Labute approximate surface area is 100 Å². The van der Waals surface area contributed by atoms with Gasteiger partial charge >= 0.3 is 0 Å². The van der Waals surface area contributed by atoms with Crippen LogP contribution in [0.5, 0.6) is 0 Å². The molecular weight excluding hydrogens is 216 g/mol. The van der Waals surface area contributed by atoms with Gasteiger partial charge in [-0.1, -0.05) is 30.3 Å². The Morgan fingerprint density at radius 1 is 1.18 bits per heavy atom. The van der Waals surface area contributed by atoms with Crippen LogP contribution in [0.25, 0.3) is 0 Å². The molecule has 0 saturated carbocycles. The first-order valence-electron chi connectivity index (χ1n) is 5.44. The average molecular weight is 232 g/mol. The number of benzene rings is 1. The van der Waals surface area contributed by atoms with Crippen molar-refractivity contribution in [1.29, 1.82) is 0 Å². The van der Waals surface area contributed by atoms with Crippen molar-refractivity contribution in [2.24, 2.45) is 5.84 Å². The van der Waals surface area contributed by atoms with Gasteiger partial charge in [0.25, 0.3) is 0 Å². The Kier molecular flexibility index (Phi) is 3.93. The number of rotatable bonds is 5. The van der Waals surface area contributed by atoms with Crippen LogP contribution in [-0.4, -0.2) is 7.11 Å². The van der Waals surface area contributed by atoms with Gasteiger partial charge in [-0.25, -0.2) is 5.43 Å². The third kappa shape index (κ3) is 2.55. The second kappa shape index (κ2) is 5.63.